The quantitative estimate of drug-likeness (QED) is 0.584. The van der Waals surface area contributed by atoms with Gasteiger partial charge >= 0.3 is 0 Å². The Labute approximate surface area is 84.9 Å². The molecule has 0 aliphatic rings. The van der Waals surface area contributed by atoms with Crippen LogP contribution < -0.4 is 0 Å². The number of rotatable bonds is 1. The van der Waals surface area contributed by atoms with Crippen LogP contribution in [-0.4, -0.2) is 0 Å². The Hall–Kier alpha value is -1.69. The van der Waals surface area contributed by atoms with Crippen molar-refractivity contribution in [3.63, 3.8) is 0 Å². The van der Waals surface area contributed by atoms with E-state index < -0.39 is 0 Å². The van der Waals surface area contributed by atoms with Gasteiger partial charge in [0.15, 0.2) is 0 Å². The summed E-state index contributed by atoms with van der Waals surface area (Å²) in [5.74, 6) is 0. The predicted octanol–water partition coefficient (Wildman–Crippen LogP) is 3.94. The van der Waals surface area contributed by atoms with Gasteiger partial charge in [-0.15, -0.1) is 0 Å². The van der Waals surface area contributed by atoms with Gasteiger partial charge in [-0.2, -0.15) is 0 Å². The molecular weight excluding hydrogens is 168 g/mol. The maximum Gasteiger partial charge on any atom is 0.0820 e. The lowest BCUT2D eigenvalue weighted by atomic mass is 10.0. The fourth-order valence-electron chi connectivity index (χ4n) is 1.58. The Kier molecular flexibility index (Phi) is 2.55. The fourth-order valence-corrected chi connectivity index (χ4v) is 1.58. The van der Waals surface area contributed by atoms with Crippen LogP contribution in [0.1, 0.15) is 5.56 Å². The monoisotopic (exact) mass is 181 g/mol. The smallest absolute Gasteiger partial charge is 0.0463 e. The highest BCUT2D eigenvalue weighted by atomic mass is 14.0. The molecule has 0 aliphatic carbocycles. The summed E-state index contributed by atoms with van der Waals surface area (Å²) < 4.78 is 0. The van der Waals surface area contributed by atoms with Crippen molar-refractivity contribution >= 4 is 0 Å². The average Bonchev–Trinajstić information content (AvgIpc) is 2.47. The molecule has 68 valence electrons. The SMILES string of the molecule is Cc1ccccc1-[c+]1cccccc1. The van der Waals surface area contributed by atoms with Crippen LogP contribution >= 0.6 is 0 Å². The molecule has 14 heavy (non-hydrogen) atoms. The molecule has 0 heteroatoms. The van der Waals surface area contributed by atoms with E-state index in [-0.39, 0.29) is 0 Å². The lowest BCUT2D eigenvalue weighted by Gasteiger charge is -1.96. The molecule has 0 radical (unpaired) electrons. The minimum atomic E-state index is 1.27. The maximum atomic E-state index is 2.16. The van der Waals surface area contributed by atoms with E-state index in [1.807, 2.05) is 12.1 Å². The van der Waals surface area contributed by atoms with E-state index in [2.05, 4.69) is 55.5 Å². The Morgan fingerprint density at radius 3 is 2.07 bits per heavy atom. The molecule has 0 spiro atoms. The average molecular weight is 181 g/mol. The zero-order chi connectivity index (χ0) is 9.80. The second-order valence-corrected chi connectivity index (χ2v) is 3.37. The molecule has 0 fully saturated rings. The molecule has 0 unspecified atom stereocenters. The van der Waals surface area contributed by atoms with Crippen molar-refractivity contribution in [1.29, 1.82) is 0 Å². The summed E-state index contributed by atoms with van der Waals surface area (Å²) in [6.07, 6.45) is 0. The highest BCUT2D eigenvalue weighted by Gasteiger charge is 2.04. The summed E-state index contributed by atoms with van der Waals surface area (Å²) >= 11 is 0. The van der Waals surface area contributed by atoms with E-state index in [1.165, 1.54) is 16.7 Å². The van der Waals surface area contributed by atoms with Crippen LogP contribution in [0.4, 0.5) is 0 Å². The van der Waals surface area contributed by atoms with E-state index in [9.17, 15) is 0 Å². The number of aryl methyl sites for hydroxylation is 1. The van der Waals surface area contributed by atoms with Crippen LogP contribution in [0.15, 0.2) is 60.7 Å². The topological polar surface area (TPSA) is 0 Å². The van der Waals surface area contributed by atoms with E-state index in [0.717, 1.165) is 0 Å². The van der Waals surface area contributed by atoms with E-state index >= 15 is 0 Å². The molecule has 0 saturated heterocycles. The van der Waals surface area contributed by atoms with Crippen molar-refractivity contribution in [3.8, 4) is 11.1 Å². The van der Waals surface area contributed by atoms with Gasteiger partial charge in [0.2, 0.25) is 0 Å². The van der Waals surface area contributed by atoms with Crippen molar-refractivity contribution in [2.75, 3.05) is 0 Å². The highest BCUT2D eigenvalue weighted by Crippen LogP contribution is 2.21. The summed E-state index contributed by atoms with van der Waals surface area (Å²) in [5, 5.41) is 0. The molecule has 0 saturated carbocycles. The molecule has 2 aromatic rings. The second-order valence-electron chi connectivity index (χ2n) is 3.37. The van der Waals surface area contributed by atoms with Gasteiger partial charge < -0.3 is 0 Å². The number of hydrogen-bond acceptors (Lipinski definition) is 0. The maximum absolute atomic E-state index is 2.16. The Morgan fingerprint density at radius 2 is 1.43 bits per heavy atom. The second kappa shape index (κ2) is 4.01. The third kappa shape index (κ3) is 1.80. The zero-order valence-electron chi connectivity index (χ0n) is 8.27. The molecule has 2 rings (SSSR count). The summed E-state index contributed by atoms with van der Waals surface area (Å²) in [4.78, 5) is 0. The molecular formula is C14H13+. The first-order valence-corrected chi connectivity index (χ1v) is 4.82. The molecule has 0 N–H and O–H groups in total. The van der Waals surface area contributed by atoms with Crippen molar-refractivity contribution in [2.24, 2.45) is 0 Å². The van der Waals surface area contributed by atoms with E-state index in [1.54, 1.807) is 0 Å². The molecule has 0 amide bonds. The minimum absolute atomic E-state index is 1.27. The lowest BCUT2D eigenvalue weighted by molar-refractivity contribution is 1.46. The van der Waals surface area contributed by atoms with E-state index in [0.29, 0.717) is 0 Å². The Bertz CT molecular complexity index is 417. The molecule has 0 nitrogen and oxygen atoms in total. The summed E-state index contributed by atoms with van der Waals surface area (Å²) in [6.45, 7) is 2.14. The minimum Gasteiger partial charge on any atom is -0.0463 e. The van der Waals surface area contributed by atoms with E-state index in [4.69, 9.17) is 0 Å². The number of hydrogen-bond donors (Lipinski definition) is 0. The van der Waals surface area contributed by atoms with Gasteiger partial charge in [0.25, 0.3) is 0 Å². The summed E-state index contributed by atoms with van der Waals surface area (Å²) in [6, 6.07) is 21.0. The molecule has 0 atom stereocenters. The molecule has 0 aromatic heterocycles. The van der Waals surface area contributed by atoms with Crippen molar-refractivity contribution < 1.29 is 0 Å². The van der Waals surface area contributed by atoms with Gasteiger partial charge in [0.05, 0.1) is 11.1 Å². The Morgan fingerprint density at radius 1 is 0.786 bits per heavy atom. The van der Waals surface area contributed by atoms with Gasteiger partial charge in [-0.3, -0.25) is 0 Å². The normalized spacial score (nSPS) is 9.79. The van der Waals surface area contributed by atoms with Gasteiger partial charge in [0.1, 0.15) is 0 Å². The largest absolute Gasteiger partial charge is 0.0820 e. The highest BCUT2D eigenvalue weighted by molar-refractivity contribution is 5.66. The van der Waals surface area contributed by atoms with Crippen molar-refractivity contribution in [1.82, 2.24) is 0 Å². The van der Waals surface area contributed by atoms with Crippen LogP contribution in [0.2, 0.25) is 0 Å². The van der Waals surface area contributed by atoms with Crippen LogP contribution in [0.5, 0.6) is 0 Å². The van der Waals surface area contributed by atoms with Crippen LogP contribution in [0.25, 0.3) is 11.1 Å². The van der Waals surface area contributed by atoms with Gasteiger partial charge in [0, 0.05) is 23.8 Å². The van der Waals surface area contributed by atoms with Gasteiger partial charge in [-0.1, -0.05) is 0 Å². The third-order valence-electron chi connectivity index (χ3n) is 2.34. The van der Waals surface area contributed by atoms with Crippen LogP contribution in [-0.2, 0) is 0 Å². The van der Waals surface area contributed by atoms with Crippen molar-refractivity contribution in [3.05, 3.63) is 66.2 Å². The van der Waals surface area contributed by atoms with Crippen molar-refractivity contribution in [2.45, 2.75) is 6.92 Å². The summed E-state index contributed by atoms with van der Waals surface area (Å²) in [7, 11) is 0. The van der Waals surface area contributed by atoms with Gasteiger partial charge in [-0.05, 0) is 49.4 Å². The van der Waals surface area contributed by atoms with Crippen LogP contribution in [0.3, 0.4) is 0 Å². The first-order chi connectivity index (χ1) is 6.88. The van der Waals surface area contributed by atoms with Gasteiger partial charge in [-0.25, -0.2) is 0 Å². The van der Waals surface area contributed by atoms with Crippen LogP contribution in [0, 0.1) is 6.92 Å². The number of benzene rings is 1. The first-order valence-electron chi connectivity index (χ1n) is 4.82. The first kappa shape index (κ1) is 8.89. The third-order valence-corrected chi connectivity index (χ3v) is 2.34. The molecule has 0 heterocycles. The zero-order valence-corrected chi connectivity index (χ0v) is 8.27. The fraction of sp³-hybridized carbons (Fsp3) is 0.0714. The lowest BCUT2D eigenvalue weighted by Crippen LogP contribution is -1.79. The summed E-state index contributed by atoms with van der Waals surface area (Å²) in [5.41, 5.74) is 3.90. The molecule has 0 bridgehead atoms. The standard InChI is InChI=1S/C14H13/c1-12-8-6-7-11-14(12)13-9-4-2-3-5-10-13/h2-11H,1H3/q+1. The molecule has 0 aliphatic heterocycles. The Balaban J connectivity index is 2.57. The predicted molar refractivity (Wildman–Crippen MR) is 61.0 cm³/mol. The molecule has 2 aromatic carbocycles.